The van der Waals surface area contributed by atoms with E-state index in [1.807, 2.05) is 18.5 Å². The molecule has 4 nitrogen and oxygen atoms in total. The van der Waals surface area contributed by atoms with Gasteiger partial charge in [-0.15, -0.1) is 0 Å². The Kier molecular flexibility index (Phi) is 3.55. The van der Waals surface area contributed by atoms with E-state index in [1.54, 1.807) is 0 Å². The van der Waals surface area contributed by atoms with Crippen molar-refractivity contribution in [2.45, 2.75) is 25.3 Å². The molecule has 21 heavy (non-hydrogen) atoms. The van der Waals surface area contributed by atoms with Crippen LogP contribution in [0.15, 0.2) is 29.0 Å². The Morgan fingerprint density at radius 1 is 1.29 bits per heavy atom. The third kappa shape index (κ3) is 2.53. The third-order valence-electron chi connectivity index (χ3n) is 4.76. The highest BCUT2D eigenvalue weighted by Gasteiger charge is 2.31. The fraction of sp³-hybridized carbons (Fsp3) is 0.500. The fourth-order valence-corrected chi connectivity index (χ4v) is 4.03. The number of piperidine rings is 2. The largest absolute Gasteiger partial charge is 0.369 e. The molecule has 1 N–H and O–H groups in total. The number of hydrogen-bond acceptors (Lipinski definition) is 4. The average molecular weight is 347 g/mol. The van der Waals surface area contributed by atoms with Crippen LogP contribution < -0.4 is 10.2 Å². The van der Waals surface area contributed by atoms with Crippen molar-refractivity contribution in [3.63, 3.8) is 0 Å². The molecule has 2 aliphatic rings. The van der Waals surface area contributed by atoms with Crippen molar-refractivity contribution in [3.05, 3.63) is 29.0 Å². The summed E-state index contributed by atoms with van der Waals surface area (Å²) in [5, 5.41) is 3.68. The first kappa shape index (κ1) is 13.5. The second kappa shape index (κ2) is 5.54. The lowest BCUT2D eigenvalue weighted by Crippen LogP contribution is -2.52. The predicted octanol–water partition coefficient (Wildman–Crippen LogP) is 2.97. The van der Waals surface area contributed by atoms with E-state index in [4.69, 9.17) is 0 Å². The molecular weight excluding hydrogens is 328 g/mol. The molecule has 0 saturated carbocycles. The second-order valence-electron chi connectivity index (χ2n) is 6.05. The van der Waals surface area contributed by atoms with Crippen molar-refractivity contribution < 1.29 is 0 Å². The summed E-state index contributed by atoms with van der Waals surface area (Å²) in [5.74, 6) is 0.770. The van der Waals surface area contributed by atoms with Gasteiger partial charge in [0, 0.05) is 36.0 Å². The van der Waals surface area contributed by atoms with Crippen LogP contribution in [0, 0.1) is 5.92 Å². The Labute approximate surface area is 133 Å². The minimum atomic E-state index is 0.713. The first-order valence-corrected chi connectivity index (χ1v) is 8.49. The number of anilines is 1. The van der Waals surface area contributed by atoms with Gasteiger partial charge in [-0.2, -0.15) is 0 Å². The zero-order chi connectivity index (χ0) is 14.2. The Morgan fingerprint density at radius 3 is 3.19 bits per heavy atom. The number of nitrogens with zero attached hydrogens (tertiary/aromatic N) is 3. The molecule has 2 aromatic rings. The predicted molar refractivity (Wildman–Crippen MR) is 88.6 cm³/mol. The molecule has 0 aliphatic carbocycles. The van der Waals surface area contributed by atoms with Crippen LogP contribution in [0.25, 0.3) is 11.0 Å². The summed E-state index contributed by atoms with van der Waals surface area (Å²) in [6.07, 6.45) is 7.64. The first-order valence-electron chi connectivity index (χ1n) is 7.70. The smallest absolute Gasteiger partial charge is 0.112 e. The van der Waals surface area contributed by atoms with Crippen LogP contribution in [-0.2, 0) is 0 Å². The lowest BCUT2D eigenvalue weighted by Gasteiger charge is -2.42. The summed E-state index contributed by atoms with van der Waals surface area (Å²) < 4.78 is 0.981. The van der Waals surface area contributed by atoms with Gasteiger partial charge in [0.05, 0.1) is 11.2 Å². The molecule has 0 aromatic carbocycles. The van der Waals surface area contributed by atoms with Gasteiger partial charge in [-0.05, 0) is 59.8 Å². The molecule has 4 rings (SSSR count). The van der Waals surface area contributed by atoms with E-state index >= 15 is 0 Å². The SMILES string of the molecule is Brc1cnc2c(N3CCC4NCCCC4C3)ccnc2c1. The quantitative estimate of drug-likeness (QED) is 0.861. The van der Waals surface area contributed by atoms with Gasteiger partial charge in [0.2, 0.25) is 0 Å². The summed E-state index contributed by atoms with van der Waals surface area (Å²) >= 11 is 3.47. The third-order valence-corrected chi connectivity index (χ3v) is 5.19. The molecular formula is C16H19BrN4. The maximum atomic E-state index is 4.59. The maximum absolute atomic E-state index is 4.59. The normalized spacial score (nSPS) is 25.9. The number of halogens is 1. The van der Waals surface area contributed by atoms with Crippen LogP contribution in [0.3, 0.4) is 0 Å². The van der Waals surface area contributed by atoms with Crippen LogP contribution in [0.5, 0.6) is 0 Å². The van der Waals surface area contributed by atoms with E-state index in [0.29, 0.717) is 6.04 Å². The molecule has 0 bridgehead atoms. The molecule has 110 valence electrons. The number of pyridine rings is 2. The molecule has 2 aliphatic heterocycles. The summed E-state index contributed by atoms with van der Waals surface area (Å²) in [6.45, 7) is 3.43. The topological polar surface area (TPSA) is 41.1 Å². The highest BCUT2D eigenvalue weighted by molar-refractivity contribution is 9.10. The summed E-state index contributed by atoms with van der Waals surface area (Å²) in [5.41, 5.74) is 3.21. The molecule has 0 amide bonds. The molecule has 5 heteroatoms. The summed E-state index contributed by atoms with van der Waals surface area (Å²) in [7, 11) is 0. The van der Waals surface area contributed by atoms with Crippen molar-refractivity contribution in [2.75, 3.05) is 24.5 Å². The van der Waals surface area contributed by atoms with Gasteiger partial charge < -0.3 is 10.2 Å². The lowest BCUT2D eigenvalue weighted by atomic mass is 9.85. The van der Waals surface area contributed by atoms with Crippen LogP contribution in [-0.4, -0.2) is 35.6 Å². The monoisotopic (exact) mass is 346 g/mol. The van der Waals surface area contributed by atoms with Crippen molar-refractivity contribution in [1.82, 2.24) is 15.3 Å². The van der Waals surface area contributed by atoms with Crippen molar-refractivity contribution in [2.24, 2.45) is 5.92 Å². The van der Waals surface area contributed by atoms with E-state index in [2.05, 4.69) is 42.2 Å². The van der Waals surface area contributed by atoms with Crippen LogP contribution in [0.1, 0.15) is 19.3 Å². The maximum Gasteiger partial charge on any atom is 0.112 e. The van der Waals surface area contributed by atoms with E-state index in [1.165, 1.54) is 31.5 Å². The molecule has 4 heterocycles. The highest BCUT2D eigenvalue weighted by Crippen LogP contribution is 2.31. The van der Waals surface area contributed by atoms with Gasteiger partial charge in [-0.1, -0.05) is 0 Å². The van der Waals surface area contributed by atoms with Gasteiger partial charge in [0.1, 0.15) is 5.52 Å². The van der Waals surface area contributed by atoms with Crippen LogP contribution in [0.4, 0.5) is 5.69 Å². The van der Waals surface area contributed by atoms with Crippen molar-refractivity contribution in [1.29, 1.82) is 0 Å². The van der Waals surface area contributed by atoms with Crippen LogP contribution in [0.2, 0.25) is 0 Å². The fourth-order valence-electron chi connectivity index (χ4n) is 3.71. The average Bonchev–Trinajstić information content (AvgIpc) is 2.53. The lowest BCUT2D eigenvalue weighted by molar-refractivity contribution is 0.244. The van der Waals surface area contributed by atoms with E-state index in [9.17, 15) is 0 Å². The van der Waals surface area contributed by atoms with Gasteiger partial charge in [-0.25, -0.2) is 0 Å². The molecule has 2 fully saturated rings. The minimum absolute atomic E-state index is 0.713. The van der Waals surface area contributed by atoms with Gasteiger partial charge in [0.25, 0.3) is 0 Å². The highest BCUT2D eigenvalue weighted by atomic mass is 79.9. The second-order valence-corrected chi connectivity index (χ2v) is 6.96. The van der Waals surface area contributed by atoms with Gasteiger partial charge in [0.15, 0.2) is 0 Å². The molecule has 2 atom stereocenters. The van der Waals surface area contributed by atoms with Crippen LogP contribution >= 0.6 is 15.9 Å². The van der Waals surface area contributed by atoms with E-state index in [-0.39, 0.29) is 0 Å². The molecule has 0 spiro atoms. The zero-order valence-electron chi connectivity index (χ0n) is 11.9. The number of hydrogen-bond donors (Lipinski definition) is 1. The van der Waals surface area contributed by atoms with Gasteiger partial charge in [-0.3, -0.25) is 9.97 Å². The Hall–Kier alpha value is -1.20. The molecule has 2 saturated heterocycles. The first-order chi connectivity index (χ1) is 10.3. The molecule has 2 unspecified atom stereocenters. The molecule has 2 aromatic heterocycles. The van der Waals surface area contributed by atoms with Crippen molar-refractivity contribution in [3.8, 4) is 0 Å². The number of fused-ring (bicyclic) bond motifs is 2. The standard InChI is InChI=1S/C16H19BrN4/c17-12-8-14-16(20-9-12)15(3-6-19-14)21-7-4-13-11(10-21)2-1-5-18-13/h3,6,8-9,11,13,18H,1-2,4-5,7,10H2. The Bertz CT molecular complexity index is 660. The summed E-state index contributed by atoms with van der Waals surface area (Å²) in [4.78, 5) is 11.5. The van der Waals surface area contributed by atoms with Gasteiger partial charge >= 0.3 is 0 Å². The van der Waals surface area contributed by atoms with E-state index < -0.39 is 0 Å². The zero-order valence-corrected chi connectivity index (χ0v) is 13.5. The summed E-state index contributed by atoms with van der Waals surface area (Å²) in [6, 6.07) is 4.87. The number of nitrogens with one attached hydrogen (secondary N) is 1. The number of rotatable bonds is 1. The Morgan fingerprint density at radius 2 is 2.24 bits per heavy atom. The molecule has 0 radical (unpaired) electrons. The van der Waals surface area contributed by atoms with Crippen molar-refractivity contribution >= 4 is 32.7 Å². The minimum Gasteiger partial charge on any atom is -0.369 e. The number of aromatic nitrogens is 2. The Balaban J connectivity index is 1.67. The van der Waals surface area contributed by atoms with E-state index in [0.717, 1.165) is 34.5 Å².